The van der Waals surface area contributed by atoms with Crippen LogP contribution in [0.15, 0.2) is 0 Å². The summed E-state index contributed by atoms with van der Waals surface area (Å²) in [4.78, 5) is 11.2. The van der Waals surface area contributed by atoms with E-state index < -0.39 is 26.3 Å². The van der Waals surface area contributed by atoms with Gasteiger partial charge in [0.15, 0.2) is 4.75 Å². The highest BCUT2D eigenvalue weighted by molar-refractivity contribution is 7.91. The number of hydrogen-bond donors (Lipinski definition) is 1. The summed E-state index contributed by atoms with van der Waals surface area (Å²) in [5.74, 6) is -1.26. The molecule has 5 nitrogen and oxygen atoms in total. The smallest absolute Gasteiger partial charge is 0.326 e. The highest BCUT2D eigenvalue weighted by Gasteiger charge is 2.54. The van der Waals surface area contributed by atoms with Gasteiger partial charge in [-0.05, 0) is 40.5 Å². The molecule has 0 aromatic rings. The van der Waals surface area contributed by atoms with E-state index in [1.807, 2.05) is 0 Å². The fourth-order valence-corrected chi connectivity index (χ4v) is 4.17. The molecule has 0 aliphatic carbocycles. The van der Waals surface area contributed by atoms with Crippen LogP contribution in [0.3, 0.4) is 0 Å². The van der Waals surface area contributed by atoms with Crippen molar-refractivity contribution in [1.82, 2.24) is 4.31 Å². The van der Waals surface area contributed by atoms with Crippen LogP contribution < -0.4 is 0 Å². The highest BCUT2D eigenvalue weighted by atomic mass is 32.2. The van der Waals surface area contributed by atoms with Crippen molar-refractivity contribution in [2.24, 2.45) is 0 Å². The predicted molar refractivity (Wildman–Crippen MR) is 60.7 cm³/mol. The van der Waals surface area contributed by atoms with Gasteiger partial charge in [0.2, 0.25) is 10.0 Å². The summed E-state index contributed by atoms with van der Waals surface area (Å²) < 4.78 is 24.2. The number of aliphatic carboxylic acids is 1. The van der Waals surface area contributed by atoms with E-state index in [-0.39, 0.29) is 6.42 Å². The van der Waals surface area contributed by atoms with Crippen LogP contribution in [-0.4, -0.2) is 40.6 Å². The molecule has 0 amide bonds. The Morgan fingerprint density at radius 2 is 1.88 bits per heavy atom. The molecule has 1 N–H and O–H groups in total. The number of nitrogens with zero attached hydrogens (tertiary/aromatic N) is 1. The van der Waals surface area contributed by atoms with Crippen molar-refractivity contribution < 1.29 is 18.3 Å². The SMILES string of the molecule is CC(C)(C)N1CCCC(C)(C(=O)O)S1(=O)=O. The first-order valence-electron chi connectivity index (χ1n) is 5.29. The molecule has 1 aliphatic rings. The molecule has 1 unspecified atom stereocenters. The van der Waals surface area contributed by atoms with Crippen molar-refractivity contribution >= 4 is 16.0 Å². The van der Waals surface area contributed by atoms with Crippen LogP contribution >= 0.6 is 0 Å². The minimum Gasteiger partial charge on any atom is -0.480 e. The minimum absolute atomic E-state index is 0.178. The molecule has 1 rings (SSSR count). The van der Waals surface area contributed by atoms with E-state index >= 15 is 0 Å². The van der Waals surface area contributed by atoms with Crippen molar-refractivity contribution in [3.63, 3.8) is 0 Å². The zero-order valence-corrected chi connectivity index (χ0v) is 11.0. The number of rotatable bonds is 1. The van der Waals surface area contributed by atoms with Crippen LogP contribution in [0.4, 0.5) is 0 Å². The summed E-state index contributed by atoms with van der Waals surface area (Å²) in [6.07, 6.45) is 0.760. The van der Waals surface area contributed by atoms with Gasteiger partial charge in [0.05, 0.1) is 0 Å². The van der Waals surface area contributed by atoms with E-state index in [1.165, 1.54) is 11.2 Å². The third-order valence-corrected chi connectivity index (χ3v) is 5.90. The van der Waals surface area contributed by atoms with Gasteiger partial charge in [-0.25, -0.2) is 8.42 Å². The molecule has 6 heteroatoms. The van der Waals surface area contributed by atoms with E-state index in [0.717, 1.165) is 0 Å². The van der Waals surface area contributed by atoms with Crippen molar-refractivity contribution in [3.05, 3.63) is 0 Å². The van der Waals surface area contributed by atoms with Crippen LogP contribution in [0.2, 0.25) is 0 Å². The fourth-order valence-electron chi connectivity index (χ4n) is 1.97. The second-order valence-corrected chi connectivity index (χ2v) is 7.68. The fraction of sp³-hybridized carbons (Fsp3) is 0.900. The number of hydrogen-bond acceptors (Lipinski definition) is 3. The molecule has 0 spiro atoms. The van der Waals surface area contributed by atoms with Gasteiger partial charge in [0.25, 0.3) is 0 Å². The standard InChI is InChI=1S/C10H19NO4S/c1-9(2,3)11-7-5-6-10(4,8(12)13)16(11,14)15/h5-7H2,1-4H3,(H,12,13). The first kappa shape index (κ1) is 13.4. The second kappa shape index (κ2) is 3.70. The maximum absolute atomic E-state index is 12.3. The Morgan fingerprint density at radius 3 is 2.25 bits per heavy atom. The van der Waals surface area contributed by atoms with Gasteiger partial charge in [-0.2, -0.15) is 4.31 Å². The van der Waals surface area contributed by atoms with Crippen molar-refractivity contribution in [2.45, 2.75) is 50.8 Å². The number of carboxylic acid groups (broad SMARTS) is 1. The lowest BCUT2D eigenvalue weighted by Crippen LogP contribution is -2.60. The molecule has 1 saturated heterocycles. The van der Waals surface area contributed by atoms with Crippen LogP contribution in [-0.2, 0) is 14.8 Å². The summed E-state index contributed by atoms with van der Waals surface area (Å²) in [5.41, 5.74) is -0.573. The Bertz CT molecular complexity index is 396. The number of sulfonamides is 1. The van der Waals surface area contributed by atoms with Crippen LogP contribution in [0.1, 0.15) is 40.5 Å². The molecule has 0 radical (unpaired) electrons. The lowest BCUT2D eigenvalue weighted by Gasteiger charge is -2.43. The number of carboxylic acids is 1. The molecule has 1 fully saturated rings. The third-order valence-electron chi connectivity index (χ3n) is 3.08. The van der Waals surface area contributed by atoms with E-state index in [9.17, 15) is 13.2 Å². The van der Waals surface area contributed by atoms with Gasteiger partial charge < -0.3 is 5.11 Å². The van der Waals surface area contributed by atoms with Gasteiger partial charge in [0.1, 0.15) is 0 Å². The molecule has 1 heterocycles. The van der Waals surface area contributed by atoms with Gasteiger partial charge in [-0.15, -0.1) is 0 Å². The zero-order chi connectivity index (χ0) is 12.8. The quantitative estimate of drug-likeness (QED) is 0.754. The highest BCUT2D eigenvalue weighted by Crippen LogP contribution is 2.36. The Hall–Kier alpha value is -0.620. The first-order valence-corrected chi connectivity index (χ1v) is 6.73. The van der Waals surface area contributed by atoms with Crippen LogP contribution in [0, 0.1) is 0 Å². The molecule has 0 aromatic heterocycles. The van der Waals surface area contributed by atoms with Gasteiger partial charge in [-0.1, -0.05) is 0 Å². The lowest BCUT2D eigenvalue weighted by molar-refractivity contribution is -0.140. The maximum Gasteiger partial charge on any atom is 0.326 e. The number of carbonyl (C=O) groups is 1. The summed E-state index contributed by atoms with van der Waals surface area (Å²) in [7, 11) is -3.79. The topological polar surface area (TPSA) is 74.7 Å². The normalized spacial score (nSPS) is 31.2. The summed E-state index contributed by atoms with van der Waals surface area (Å²) in [6.45, 7) is 7.02. The van der Waals surface area contributed by atoms with E-state index in [0.29, 0.717) is 13.0 Å². The Morgan fingerprint density at radius 1 is 1.38 bits per heavy atom. The molecule has 16 heavy (non-hydrogen) atoms. The monoisotopic (exact) mass is 249 g/mol. The Kier molecular flexibility index (Phi) is 3.11. The average molecular weight is 249 g/mol. The van der Waals surface area contributed by atoms with Crippen LogP contribution in [0.25, 0.3) is 0 Å². The largest absolute Gasteiger partial charge is 0.480 e. The maximum atomic E-state index is 12.3. The Balaban J connectivity index is 3.27. The Labute approximate surface area is 96.5 Å². The summed E-state index contributed by atoms with van der Waals surface area (Å²) >= 11 is 0. The average Bonchev–Trinajstić information content (AvgIpc) is 2.07. The van der Waals surface area contributed by atoms with Crippen LogP contribution in [0.5, 0.6) is 0 Å². The minimum atomic E-state index is -3.79. The van der Waals surface area contributed by atoms with E-state index in [1.54, 1.807) is 20.8 Å². The molecule has 0 bridgehead atoms. The second-order valence-electron chi connectivity index (χ2n) is 5.39. The van der Waals surface area contributed by atoms with Crippen molar-refractivity contribution in [1.29, 1.82) is 0 Å². The van der Waals surface area contributed by atoms with E-state index in [2.05, 4.69) is 0 Å². The van der Waals surface area contributed by atoms with Crippen molar-refractivity contribution in [3.8, 4) is 0 Å². The third kappa shape index (κ3) is 1.84. The molecular weight excluding hydrogens is 230 g/mol. The van der Waals surface area contributed by atoms with Gasteiger partial charge in [-0.3, -0.25) is 4.79 Å². The molecule has 0 saturated carbocycles. The summed E-state index contributed by atoms with van der Waals surface area (Å²) in [6, 6.07) is 0. The first-order chi connectivity index (χ1) is 7.03. The molecular formula is C10H19NO4S. The summed E-state index contributed by atoms with van der Waals surface area (Å²) in [5, 5.41) is 9.11. The van der Waals surface area contributed by atoms with Crippen molar-refractivity contribution in [2.75, 3.05) is 6.54 Å². The molecule has 1 atom stereocenters. The van der Waals surface area contributed by atoms with E-state index in [4.69, 9.17) is 5.11 Å². The molecule has 0 aromatic carbocycles. The zero-order valence-electron chi connectivity index (χ0n) is 10.1. The molecule has 94 valence electrons. The van der Waals surface area contributed by atoms with Gasteiger partial charge >= 0.3 is 5.97 Å². The molecule has 1 aliphatic heterocycles. The lowest BCUT2D eigenvalue weighted by atomic mass is 10.0. The predicted octanol–water partition coefficient (Wildman–Crippen LogP) is 1.05. The van der Waals surface area contributed by atoms with Gasteiger partial charge in [0, 0.05) is 12.1 Å².